The van der Waals surface area contributed by atoms with Gasteiger partial charge in [0.15, 0.2) is 0 Å². The van der Waals surface area contributed by atoms with E-state index >= 15 is 0 Å². The number of carbonyl (C=O) groups excluding carboxylic acids is 2. The van der Waals surface area contributed by atoms with Crippen LogP contribution in [0.25, 0.3) is 10.8 Å². The average Bonchev–Trinajstić information content (AvgIpc) is 3.21. The van der Waals surface area contributed by atoms with Crippen molar-refractivity contribution in [1.29, 1.82) is 0 Å². The molecule has 0 saturated carbocycles. The molecule has 0 fully saturated rings. The van der Waals surface area contributed by atoms with Crippen molar-refractivity contribution in [3.63, 3.8) is 0 Å². The lowest BCUT2D eigenvalue weighted by Gasteiger charge is -2.19. The van der Waals surface area contributed by atoms with E-state index in [1.165, 1.54) is 10.9 Å². The van der Waals surface area contributed by atoms with Crippen LogP contribution in [0.15, 0.2) is 55.1 Å². The van der Waals surface area contributed by atoms with Gasteiger partial charge in [0.2, 0.25) is 5.91 Å². The van der Waals surface area contributed by atoms with Gasteiger partial charge in [0.25, 0.3) is 11.7 Å². The van der Waals surface area contributed by atoms with E-state index in [4.69, 9.17) is 0 Å². The number of aromatic nitrogens is 4. The summed E-state index contributed by atoms with van der Waals surface area (Å²) in [6.07, 6.45) is 1.19. The first-order chi connectivity index (χ1) is 13.8. The lowest BCUT2D eigenvalue weighted by molar-refractivity contribution is -0.116. The van der Waals surface area contributed by atoms with Crippen molar-refractivity contribution in [3.8, 4) is 0 Å². The molecule has 3 rings (SSSR count). The minimum Gasteiger partial charge on any atom is -0.350 e. The Morgan fingerprint density at radius 1 is 1.17 bits per heavy atom. The molecule has 0 aliphatic carbocycles. The van der Waals surface area contributed by atoms with Gasteiger partial charge in [-0.15, -0.1) is 10.2 Å². The monoisotopic (exact) mass is 392 g/mol. The first-order valence-corrected chi connectivity index (χ1v) is 9.28. The van der Waals surface area contributed by atoms with Gasteiger partial charge in [-0.3, -0.25) is 9.59 Å². The molecular weight excluding hydrogens is 368 g/mol. The Labute approximate surface area is 169 Å². The molecule has 29 heavy (non-hydrogen) atoms. The molecule has 150 valence electrons. The van der Waals surface area contributed by atoms with Crippen molar-refractivity contribution in [2.75, 3.05) is 6.54 Å². The normalized spacial score (nSPS) is 12.4. The SMILES string of the molecule is C=CC(=O)NCC(NC(=O)c1nnn(C(C)(C)C)n1)c1ccc2ccccc2c1. The highest BCUT2D eigenvalue weighted by atomic mass is 16.2. The topological polar surface area (TPSA) is 102 Å². The zero-order valence-corrected chi connectivity index (χ0v) is 16.7. The van der Waals surface area contributed by atoms with Crippen molar-refractivity contribution < 1.29 is 9.59 Å². The second-order valence-electron chi connectivity index (χ2n) is 7.66. The number of tetrazole rings is 1. The summed E-state index contributed by atoms with van der Waals surface area (Å²) in [5.74, 6) is -0.811. The fourth-order valence-electron chi connectivity index (χ4n) is 2.76. The van der Waals surface area contributed by atoms with E-state index in [-0.39, 0.29) is 23.8 Å². The number of hydrogen-bond acceptors (Lipinski definition) is 5. The molecule has 1 aromatic heterocycles. The van der Waals surface area contributed by atoms with E-state index in [2.05, 4.69) is 32.6 Å². The van der Waals surface area contributed by atoms with E-state index < -0.39 is 11.9 Å². The fraction of sp³-hybridized carbons (Fsp3) is 0.286. The number of carbonyl (C=O) groups is 2. The van der Waals surface area contributed by atoms with Crippen molar-refractivity contribution in [1.82, 2.24) is 30.8 Å². The smallest absolute Gasteiger partial charge is 0.293 e. The summed E-state index contributed by atoms with van der Waals surface area (Å²) in [4.78, 5) is 25.8. The molecule has 3 aromatic rings. The zero-order valence-electron chi connectivity index (χ0n) is 16.7. The predicted octanol–water partition coefficient (Wildman–Crippen LogP) is 2.35. The molecule has 8 heteroatoms. The van der Waals surface area contributed by atoms with E-state index in [0.29, 0.717) is 0 Å². The minimum absolute atomic E-state index is 0.0271. The Bertz CT molecular complexity index is 1050. The van der Waals surface area contributed by atoms with Crippen LogP contribution in [-0.2, 0) is 10.3 Å². The molecule has 2 N–H and O–H groups in total. The molecule has 0 saturated heterocycles. The summed E-state index contributed by atoms with van der Waals surface area (Å²) < 4.78 is 0. The minimum atomic E-state index is -0.474. The summed E-state index contributed by atoms with van der Waals surface area (Å²) >= 11 is 0. The van der Waals surface area contributed by atoms with Crippen molar-refractivity contribution >= 4 is 22.6 Å². The molecule has 1 atom stereocenters. The Morgan fingerprint density at radius 2 is 1.90 bits per heavy atom. The third-order valence-corrected chi connectivity index (χ3v) is 4.36. The van der Waals surface area contributed by atoms with Crippen molar-refractivity contribution in [2.45, 2.75) is 32.4 Å². The Hall–Kier alpha value is -3.55. The van der Waals surface area contributed by atoms with E-state index in [9.17, 15) is 9.59 Å². The Morgan fingerprint density at radius 3 is 2.55 bits per heavy atom. The van der Waals surface area contributed by atoms with Crippen LogP contribution in [0, 0.1) is 0 Å². The molecule has 1 unspecified atom stereocenters. The number of nitrogens with zero attached hydrogens (tertiary/aromatic N) is 4. The number of rotatable bonds is 6. The summed E-state index contributed by atoms with van der Waals surface area (Å²) in [6.45, 7) is 9.40. The van der Waals surface area contributed by atoms with Crippen LogP contribution in [0.5, 0.6) is 0 Å². The number of nitrogens with one attached hydrogen (secondary N) is 2. The van der Waals surface area contributed by atoms with Crippen molar-refractivity contribution in [3.05, 3.63) is 66.5 Å². The predicted molar refractivity (Wildman–Crippen MR) is 110 cm³/mol. The molecular formula is C21H24N6O2. The maximum absolute atomic E-state index is 12.7. The summed E-state index contributed by atoms with van der Waals surface area (Å²) in [5, 5.41) is 19.7. The molecule has 8 nitrogen and oxygen atoms in total. The second-order valence-corrected chi connectivity index (χ2v) is 7.66. The Balaban J connectivity index is 1.86. The zero-order chi connectivity index (χ0) is 21.0. The standard InChI is InChI=1S/C21H24N6O2/c1-5-18(28)22-13-17(16-11-10-14-8-6-7-9-15(14)12-16)23-20(29)19-24-26-27(25-19)21(2,3)4/h5-12,17H,1,13H2,2-4H3,(H,22,28)(H,23,29). The highest BCUT2D eigenvalue weighted by Gasteiger charge is 2.23. The van der Waals surface area contributed by atoms with Crippen LogP contribution in [0.4, 0.5) is 0 Å². The van der Waals surface area contributed by atoms with Gasteiger partial charge in [0.05, 0.1) is 11.6 Å². The highest BCUT2D eigenvalue weighted by Crippen LogP contribution is 2.20. The van der Waals surface area contributed by atoms with Crippen LogP contribution in [0.3, 0.4) is 0 Å². The average molecular weight is 392 g/mol. The van der Waals surface area contributed by atoms with Gasteiger partial charge in [0.1, 0.15) is 0 Å². The Kier molecular flexibility index (Phi) is 5.72. The summed E-state index contributed by atoms with van der Waals surface area (Å²) in [6, 6.07) is 13.3. The third kappa shape index (κ3) is 4.84. The molecule has 0 radical (unpaired) electrons. The van der Waals surface area contributed by atoms with Gasteiger partial charge >= 0.3 is 0 Å². The molecule has 0 bridgehead atoms. The first-order valence-electron chi connectivity index (χ1n) is 9.28. The number of hydrogen-bond donors (Lipinski definition) is 2. The molecule has 1 heterocycles. The lowest BCUT2D eigenvalue weighted by Crippen LogP contribution is -2.38. The maximum atomic E-state index is 12.7. The number of fused-ring (bicyclic) bond motifs is 1. The van der Waals surface area contributed by atoms with Gasteiger partial charge in [-0.2, -0.15) is 4.80 Å². The molecule has 0 aliphatic rings. The van der Waals surface area contributed by atoms with Gasteiger partial charge < -0.3 is 10.6 Å². The first kappa shape index (κ1) is 20.2. The summed E-state index contributed by atoms with van der Waals surface area (Å²) in [7, 11) is 0. The maximum Gasteiger partial charge on any atom is 0.293 e. The molecule has 2 amide bonds. The van der Waals surface area contributed by atoms with Crippen LogP contribution >= 0.6 is 0 Å². The highest BCUT2D eigenvalue weighted by molar-refractivity contribution is 5.91. The molecule has 0 aliphatic heterocycles. The van der Waals surface area contributed by atoms with Crippen molar-refractivity contribution in [2.24, 2.45) is 0 Å². The van der Waals surface area contributed by atoms with Crippen LogP contribution < -0.4 is 10.6 Å². The van der Waals surface area contributed by atoms with Gasteiger partial charge in [0, 0.05) is 6.54 Å². The third-order valence-electron chi connectivity index (χ3n) is 4.36. The van der Waals surface area contributed by atoms with E-state index in [0.717, 1.165) is 16.3 Å². The fourth-order valence-corrected chi connectivity index (χ4v) is 2.76. The van der Waals surface area contributed by atoms with Gasteiger partial charge in [-0.1, -0.05) is 43.0 Å². The molecule has 0 spiro atoms. The van der Waals surface area contributed by atoms with Crippen LogP contribution in [0.2, 0.25) is 0 Å². The second kappa shape index (κ2) is 8.22. The van der Waals surface area contributed by atoms with E-state index in [1.54, 1.807) is 0 Å². The van der Waals surface area contributed by atoms with Gasteiger partial charge in [-0.25, -0.2) is 0 Å². The molecule has 2 aromatic carbocycles. The number of amides is 2. The summed E-state index contributed by atoms with van der Waals surface area (Å²) in [5.41, 5.74) is 0.464. The lowest BCUT2D eigenvalue weighted by atomic mass is 10.0. The van der Waals surface area contributed by atoms with Crippen LogP contribution in [0.1, 0.15) is 43.0 Å². The van der Waals surface area contributed by atoms with E-state index in [1.807, 2.05) is 63.2 Å². The van der Waals surface area contributed by atoms with Crippen LogP contribution in [-0.4, -0.2) is 38.6 Å². The van der Waals surface area contributed by atoms with Gasteiger partial charge in [-0.05, 0) is 54.5 Å². The quantitative estimate of drug-likeness (QED) is 0.627. The number of benzene rings is 2. The largest absolute Gasteiger partial charge is 0.350 e.